The number of nitrogens with one attached hydrogen (secondary N) is 1. The van der Waals surface area contributed by atoms with Crippen LogP contribution >= 0.6 is 0 Å². The van der Waals surface area contributed by atoms with Gasteiger partial charge in [-0.15, -0.1) is 0 Å². The van der Waals surface area contributed by atoms with E-state index in [9.17, 15) is 39.6 Å². The van der Waals surface area contributed by atoms with Crippen molar-refractivity contribution in [3.8, 4) is 0 Å². The molecule has 1 aliphatic rings. The highest BCUT2D eigenvalue weighted by molar-refractivity contribution is 5.94. The summed E-state index contributed by atoms with van der Waals surface area (Å²) in [6.07, 6.45) is 0.445. The number of hydrogen-bond donors (Lipinski definition) is 5. The first-order chi connectivity index (χ1) is 18.5. The van der Waals surface area contributed by atoms with E-state index >= 15 is 0 Å². The van der Waals surface area contributed by atoms with Crippen LogP contribution in [-0.2, 0) is 20.8 Å². The Hall–Kier alpha value is -3.10. The molecule has 0 bridgehead atoms. The molecule has 0 spiro atoms. The minimum Gasteiger partial charge on any atom is -0.480 e. The van der Waals surface area contributed by atoms with Crippen LogP contribution in [0.3, 0.4) is 0 Å². The van der Waals surface area contributed by atoms with Gasteiger partial charge in [-0.25, -0.2) is 0 Å². The summed E-state index contributed by atoms with van der Waals surface area (Å²) in [4.78, 5) is 53.7. The standard InChI is InChI=1S/C26H41N5O8/c1-19(2)27-26(39)21-5-3-20(4-6-21)13-22-14-30(17-25(37)38)10-9-28(15-23(33)34)7-8-29(16-24(35)36)11-12-31(22)18-32/h3-6,19,22,32H,7-18H2,1-2H3,(H,27,39)(H,33,34)(H,35,36)(H,37,38). The highest BCUT2D eigenvalue weighted by Crippen LogP contribution is 2.14. The Kier molecular flexibility index (Phi) is 13.3. The van der Waals surface area contributed by atoms with Gasteiger partial charge in [0.1, 0.15) is 0 Å². The fourth-order valence-corrected chi connectivity index (χ4v) is 4.57. The monoisotopic (exact) mass is 551 g/mol. The maximum Gasteiger partial charge on any atom is 0.317 e. The molecule has 1 saturated heterocycles. The average Bonchev–Trinajstić information content (AvgIpc) is 2.83. The lowest BCUT2D eigenvalue weighted by Crippen LogP contribution is -2.52. The zero-order chi connectivity index (χ0) is 28.9. The molecule has 0 radical (unpaired) electrons. The third-order valence-electron chi connectivity index (χ3n) is 6.52. The van der Waals surface area contributed by atoms with Gasteiger partial charge in [-0.05, 0) is 38.0 Å². The number of aliphatic hydroxyl groups excluding tert-OH is 1. The highest BCUT2D eigenvalue weighted by atomic mass is 16.4. The minimum absolute atomic E-state index is 0.00107. The van der Waals surface area contributed by atoms with Crippen LogP contribution in [-0.4, -0.2) is 148 Å². The molecule has 1 heterocycles. The van der Waals surface area contributed by atoms with Gasteiger partial charge in [-0.2, -0.15) is 0 Å². The molecule has 1 aromatic rings. The third-order valence-corrected chi connectivity index (χ3v) is 6.52. The number of aliphatic hydroxyl groups is 1. The van der Waals surface area contributed by atoms with Crippen molar-refractivity contribution >= 4 is 23.8 Å². The van der Waals surface area contributed by atoms with E-state index in [4.69, 9.17) is 0 Å². The van der Waals surface area contributed by atoms with Gasteiger partial charge in [-0.1, -0.05) is 12.1 Å². The SMILES string of the molecule is CC(C)NC(=O)c1ccc(CC2CN(CC(=O)O)CCN(CC(=O)O)CCN(CC(=O)O)CCN2CO)cc1. The summed E-state index contributed by atoms with van der Waals surface area (Å²) in [7, 11) is 0. The second kappa shape index (κ2) is 16.1. The van der Waals surface area contributed by atoms with Crippen LogP contribution in [0.5, 0.6) is 0 Å². The molecule has 13 nitrogen and oxygen atoms in total. The molecular formula is C26H41N5O8. The molecule has 0 aliphatic carbocycles. The Morgan fingerprint density at radius 3 is 1.72 bits per heavy atom. The summed E-state index contributed by atoms with van der Waals surface area (Å²) in [6.45, 7) is 4.81. The number of carbonyl (C=O) groups excluding carboxylic acids is 1. The normalized spacial score (nSPS) is 19.2. The maximum absolute atomic E-state index is 12.3. The van der Waals surface area contributed by atoms with Gasteiger partial charge in [0, 0.05) is 63.5 Å². The predicted molar refractivity (Wildman–Crippen MR) is 143 cm³/mol. The van der Waals surface area contributed by atoms with Gasteiger partial charge < -0.3 is 25.7 Å². The van der Waals surface area contributed by atoms with Crippen LogP contribution in [0, 0.1) is 0 Å². The second-order valence-electron chi connectivity index (χ2n) is 10.1. The van der Waals surface area contributed by atoms with E-state index < -0.39 is 17.9 Å². The third kappa shape index (κ3) is 12.1. The molecular weight excluding hydrogens is 510 g/mol. The Bertz CT molecular complexity index is 958. The minimum atomic E-state index is -1.02. The van der Waals surface area contributed by atoms with Crippen LogP contribution in [0.25, 0.3) is 0 Å². The van der Waals surface area contributed by atoms with Crippen molar-refractivity contribution in [1.29, 1.82) is 0 Å². The molecule has 1 atom stereocenters. The number of carboxylic acids is 3. The number of aliphatic carboxylic acids is 3. The summed E-state index contributed by atoms with van der Waals surface area (Å²) in [5.74, 6) is -3.23. The first kappa shape index (κ1) is 32.1. The molecule has 5 N–H and O–H groups in total. The quantitative estimate of drug-likeness (QED) is 0.231. The van der Waals surface area contributed by atoms with Gasteiger partial charge in [0.25, 0.3) is 5.91 Å². The van der Waals surface area contributed by atoms with E-state index in [1.165, 1.54) is 0 Å². The molecule has 1 aliphatic heterocycles. The number of hydrogen-bond acceptors (Lipinski definition) is 9. The van der Waals surface area contributed by atoms with Crippen LogP contribution in [0.1, 0.15) is 29.8 Å². The van der Waals surface area contributed by atoms with Crippen molar-refractivity contribution in [2.45, 2.75) is 32.4 Å². The zero-order valence-corrected chi connectivity index (χ0v) is 22.7. The average molecular weight is 552 g/mol. The predicted octanol–water partition coefficient (Wildman–Crippen LogP) is -0.839. The van der Waals surface area contributed by atoms with E-state index in [1.54, 1.807) is 31.7 Å². The number of amides is 1. The molecule has 1 unspecified atom stereocenters. The summed E-state index contributed by atoms with van der Waals surface area (Å²) in [5.41, 5.74) is 1.40. The van der Waals surface area contributed by atoms with Crippen LogP contribution in [0.2, 0.25) is 0 Å². The maximum atomic E-state index is 12.3. The largest absolute Gasteiger partial charge is 0.480 e. The van der Waals surface area contributed by atoms with Crippen molar-refractivity contribution in [2.24, 2.45) is 0 Å². The summed E-state index contributed by atoms with van der Waals surface area (Å²) < 4.78 is 0. The second-order valence-corrected chi connectivity index (χ2v) is 10.1. The lowest BCUT2D eigenvalue weighted by molar-refractivity contribution is -0.140. The van der Waals surface area contributed by atoms with Gasteiger partial charge in [0.15, 0.2) is 0 Å². The molecule has 39 heavy (non-hydrogen) atoms. The van der Waals surface area contributed by atoms with Gasteiger partial charge >= 0.3 is 17.9 Å². The summed E-state index contributed by atoms with van der Waals surface area (Å²) >= 11 is 0. The van der Waals surface area contributed by atoms with Crippen molar-refractivity contribution in [2.75, 3.05) is 72.2 Å². The molecule has 2 rings (SSSR count). The van der Waals surface area contributed by atoms with E-state index in [-0.39, 0.29) is 64.0 Å². The molecule has 1 amide bonds. The van der Waals surface area contributed by atoms with E-state index in [1.807, 2.05) is 26.0 Å². The smallest absolute Gasteiger partial charge is 0.317 e. The molecule has 1 aromatic carbocycles. The molecule has 218 valence electrons. The first-order valence-electron chi connectivity index (χ1n) is 13.0. The Labute approximate surface area is 228 Å². The van der Waals surface area contributed by atoms with Crippen molar-refractivity contribution in [1.82, 2.24) is 24.9 Å². The number of nitrogens with zero attached hydrogens (tertiary/aromatic N) is 4. The van der Waals surface area contributed by atoms with Crippen LogP contribution < -0.4 is 5.32 Å². The van der Waals surface area contributed by atoms with Crippen LogP contribution in [0.4, 0.5) is 0 Å². The van der Waals surface area contributed by atoms with E-state index in [2.05, 4.69) is 5.32 Å². The number of carboxylic acid groups (broad SMARTS) is 3. The van der Waals surface area contributed by atoms with E-state index in [0.29, 0.717) is 38.2 Å². The lowest BCUT2D eigenvalue weighted by atomic mass is 10.0. The Balaban J connectivity index is 2.31. The zero-order valence-electron chi connectivity index (χ0n) is 22.7. The van der Waals surface area contributed by atoms with Crippen molar-refractivity contribution < 1.29 is 39.6 Å². The Morgan fingerprint density at radius 2 is 1.26 bits per heavy atom. The van der Waals surface area contributed by atoms with Crippen LogP contribution in [0.15, 0.2) is 24.3 Å². The van der Waals surface area contributed by atoms with Crippen molar-refractivity contribution in [3.63, 3.8) is 0 Å². The lowest BCUT2D eigenvalue weighted by Gasteiger charge is -2.37. The molecule has 13 heteroatoms. The topological polar surface area (TPSA) is 174 Å². The Morgan fingerprint density at radius 1 is 0.795 bits per heavy atom. The highest BCUT2D eigenvalue weighted by Gasteiger charge is 2.26. The molecule has 1 fully saturated rings. The molecule has 0 saturated carbocycles. The van der Waals surface area contributed by atoms with Gasteiger partial charge in [0.05, 0.1) is 26.4 Å². The number of carbonyl (C=O) groups is 4. The summed E-state index contributed by atoms with van der Waals surface area (Å²) in [5, 5.41) is 41.3. The first-order valence-corrected chi connectivity index (χ1v) is 13.0. The number of benzene rings is 1. The number of rotatable bonds is 11. The van der Waals surface area contributed by atoms with Gasteiger partial charge in [-0.3, -0.25) is 38.8 Å². The van der Waals surface area contributed by atoms with Gasteiger partial charge in [0.2, 0.25) is 0 Å². The molecule has 0 aromatic heterocycles. The summed E-state index contributed by atoms with van der Waals surface area (Å²) in [6, 6.07) is 6.77. The van der Waals surface area contributed by atoms with E-state index in [0.717, 1.165) is 5.56 Å². The van der Waals surface area contributed by atoms with Crippen molar-refractivity contribution in [3.05, 3.63) is 35.4 Å². The fraction of sp³-hybridized carbons (Fsp3) is 0.615. The fourth-order valence-electron chi connectivity index (χ4n) is 4.57.